The largest absolute Gasteiger partial charge is 0.494 e. The predicted octanol–water partition coefficient (Wildman–Crippen LogP) is 2.73. The standard InChI is InChI=1S/C22H27NO7S/c1-2-12-28-19-6-8-20(9-7-19)29-15-16-30-22(24)18-4-3-5-21(17-18)31(25,26)23-10-13-27-14-11-23/h3-9,17H,2,10-16H2,1H3. The number of sulfonamides is 1. The molecule has 0 amide bonds. The monoisotopic (exact) mass is 449 g/mol. The third kappa shape index (κ3) is 6.43. The molecule has 0 aliphatic carbocycles. The fourth-order valence-corrected chi connectivity index (χ4v) is 4.40. The predicted molar refractivity (Wildman–Crippen MR) is 114 cm³/mol. The van der Waals surface area contributed by atoms with E-state index in [0.717, 1.165) is 12.2 Å². The van der Waals surface area contributed by atoms with E-state index in [4.69, 9.17) is 18.9 Å². The van der Waals surface area contributed by atoms with Crippen molar-refractivity contribution in [2.75, 3.05) is 46.1 Å². The highest BCUT2D eigenvalue weighted by Gasteiger charge is 2.27. The van der Waals surface area contributed by atoms with Gasteiger partial charge in [-0.25, -0.2) is 13.2 Å². The SMILES string of the molecule is CCCOc1ccc(OCCOC(=O)c2cccc(S(=O)(=O)N3CCOCC3)c2)cc1. The molecule has 0 N–H and O–H groups in total. The van der Waals surface area contributed by atoms with Crippen LogP contribution in [0, 0.1) is 0 Å². The number of morpholine rings is 1. The Bertz CT molecular complexity index is 954. The van der Waals surface area contributed by atoms with Crippen LogP contribution in [0.4, 0.5) is 0 Å². The highest BCUT2D eigenvalue weighted by molar-refractivity contribution is 7.89. The minimum absolute atomic E-state index is 0.0351. The summed E-state index contributed by atoms with van der Waals surface area (Å²) in [5.74, 6) is 0.803. The quantitative estimate of drug-likeness (QED) is 0.407. The Labute approximate surface area is 182 Å². The summed E-state index contributed by atoms with van der Waals surface area (Å²) < 4.78 is 48.4. The highest BCUT2D eigenvalue weighted by atomic mass is 32.2. The third-order valence-corrected chi connectivity index (χ3v) is 6.45. The Morgan fingerprint density at radius 3 is 2.26 bits per heavy atom. The minimum atomic E-state index is -3.68. The number of carbonyl (C=O) groups excluding carboxylic acids is 1. The van der Waals surface area contributed by atoms with Gasteiger partial charge < -0.3 is 18.9 Å². The molecule has 0 saturated carbocycles. The lowest BCUT2D eigenvalue weighted by Crippen LogP contribution is -2.40. The van der Waals surface area contributed by atoms with Crippen molar-refractivity contribution in [3.05, 3.63) is 54.1 Å². The molecule has 2 aromatic rings. The second-order valence-corrected chi connectivity index (χ2v) is 8.79. The summed E-state index contributed by atoms with van der Waals surface area (Å²) in [6.07, 6.45) is 0.936. The van der Waals surface area contributed by atoms with Crippen molar-refractivity contribution >= 4 is 16.0 Å². The van der Waals surface area contributed by atoms with Crippen LogP contribution in [-0.2, 0) is 19.5 Å². The van der Waals surface area contributed by atoms with Crippen molar-refractivity contribution in [2.45, 2.75) is 18.2 Å². The first-order valence-corrected chi connectivity index (χ1v) is 11.7. The van der Waals surface area contributed by atoms with Gasteiger partial charge in [-0.1, -0.05) is 13.0 Å². The second-order valence-electron chi connectivity index (χ2n) is 6.85. The van der Waals surface area contributed by atoms with Gasteiger partial charge in [-0.3, -0.25) is 0 Å². The lowest BCUT2D eigenvalue weighted by atomic mass is 10.2. The van der Waals surface area contributed by atoms with Crippen LogP contribution in [0.3, 0.4) is 0 Å². The van der Waals surface area contributed by atoms with Crippen molar-refractivity contribution in [2.24, 2.45) is 0 Å². The Kier molecular flexibility index (Phi) is 8.27. The topological polar surface area (TPSA) is 91.4 Å². The summed E-state index contributed by atoms with van der Waals surface area (Å²) in [6.45, 7) is 4.20. The number of nitrogens with zero attached hydrogens (tertiary/aromatic N) is 1. The summed E-state index contributed by atoms with van der Waals surface area (Å²) in [5.41, 5.74) is 0.173. The molecule has 0 bridgehead atoms. The zero-order valence-corrected chi connectivity index (χ0v) is 18.3. The first kappa shape index (κ1) is 23.1. The fraction of sp³-hybridized carbons (Fsp3) is 0.409. The molecule has 1 fully saturated rings. The molecule has 1 saturated heterocycles. The molecule has 1 heterocycles. The Balaban J connectivity index is 1.50. The lowest BCUT2D eigenvalue weighted by Gasteiger charge is -2.26. The molecule has 2 aromatic carbocycles. The Morgan fingerprint density at radius 2 is 1.61 bits per heavy atom. The molecular formula is C22H27NO7S. The minimum Gasteiger partial charge on any atom is -0.494 e. The van der Waals surface area contributed by atoms with Crippen molar-refractivity contribution in [1.82, 2.24) is 4.31 Å². The van der Waals surface area contributed by atoms with Gasteiger partial charge in [0.2, 0.25) is 10.0 Å². The van der Waals surface area contributed by atoms with Crippen LogP contribution in [-0.4, -0.2) is 64.8 Å². The fourth-order valence-electron chi connectivity index (χ4n) is 2.95. The van der Waals surface area contributed by atoms with Crippen molar-refractivity contribution in [3.8, 4) is 11.5 Å². The average Bonchev–Trinajstić information content (AvgIpc) is 2.81. The van der Waals surface area contributed by atoms with Gasteiger partial charge in [0.1, 0.15) is 24.7 Å². The number of hydrogen-bond acceptors (Lipinski definition) is 7. The van der Waals surface area contributed by atoms with Crippen LogP contribution in [0.1, 0.15) is 23.7 Å². The number of ether oxygens (including phenoxy) is 4. The van der Waals surface area contributed by atoms with Crippen LogP contribution < -0.4 is 9.47 Å². The summed E-state index contributed by atoms with van der Waals surface area (Å²) in [5, 5.41) is 0. The Morgan fingerprint density at radius 1 is 0.968 bits per heavy atom. The van der Waals surface area contributed by atoms with Crippen LogP contribution in [0.5, 0.6) is 11.5 Å². The van der Waals surface area contributed by atoms with Crippen LogP contribution >= 0.6 is 0 Å². The van der Waals surface area contributed by atoms with Gasteiger partial charge in [0.15, 0.2) is 0 Å². The van der Waals surface area contributed by atoms with E-state index in [1.165, 1.54) is 28.6 Å². The van der Waals surface area contributed by atoms with E-state index in [2.05, 4.69) is 0 Å². The van der Waals surface area contributed by atoms with Crippen LogP contribution in [0.2, 0.25) is 0 Å². The molecule has 1 aliphatic rings. The van der Waals surface area contributed by atoms with E-state index in [1.807, 2.05) is 19.1 Å². The molecule has 0 aromatic heterocycles. The highest BCUT2D eigenvalue weighted by Crippen LogP contribution is 2.19. The summed E-state index contributed by atoms with van der Waals surface area (Å²) >= 11 is 0. The van der Waals surface area contributed by atoms with Crippen molar-refractivity contribution < 1.29 is 32.2 Å². The molecule has 3 rings (SSSR count). The van der Waals surface area contributed by atoms with Crippen LogP contribution in [0.15, 0.2) is 53.4 Å². The maximum Gasteiger partial charge on any atom is 0.338 e. The maximum atomic E-state index is 12.8. The van der Waals surface area contributed by atoms with E-state index in [9.17, 15) is 13.2 Å². The van der Waals surface area contributed by atoms with Gasteiger partial charge in [0.25, 0.3) is 0 Å². The molecule has 1 aliphatic heterocycles. The van der Waals surface area contributed by atoms with E-state index < -0.39 is 16.0 Å². The van der Waals surface area contributed by atoms with Gasteiger partial charge in [0, 0.05) is 13.1 Å². The van der Waals surface area contributed by atoms with Crippen molar-refractivity contribution in [1.29, 1.82) is 0 Å². The van der Waals surface area contributed by atoms with Crippen molar-refractivity contribution in [3.63, 3.8) is 0 Å². The summed E-state index contributed by atoms with van der Waals surface area (Å²) in [4.78, 5) is 12.4. The molecule has 0 radical (unpaired) electrons. The molecule has 0 spiro atoms. The molecular weight excluding hydrogens is 422 g/mol. The first-order valence-electron chi connectivity index (χ1n) is 10.2. The summed E-state index contributed by atoms with van der Waals surface area (Å²) in [6, 6.07) is 13.1. The molecule has 9 heteroatoms. The lowest BCUT2D eigenvalue weighted by molar-refractivity contribution is 0.0450. The zero-order valence-electron chi connectivity index (χ0n) is 17.5. The van der Waals surface area contributed by atoms with Gasteiger partial charge >= 0.3 is 5.97 Å². The molecule has 0 atom stereocenters. The maximum absolute atomic E-state index is 12.8. The molecule has 8 nitrogen and oxygen atoms in total. The van der Waals surface area contributed by atoms with Gasteiger partial charge in [-0.15, -0.1) is 0 Å². The van der Waals surface area contributed by atoms with Gasteiger partial charge in [0.05, 0.1) is 30.3 Å². The number of esters is 1. The summed E-state index contributed by atoms with van der Waals surface area (Å²) in [7, 11) is -3.68. The van der Waals surface area contributed by atoms with Gasteiger partial charge in [-0.05, 0) is 48.9 Å². The van der Waals surface area contributed by atoms with E-state index in [0.29, 0.717) is 38.7 Å². The number of benzene rings is 2. The number of rotatable bonds is 10. The van der Waals surface area contributed by atoms with Gasteiger partial charge in [-0.2, -0.15) is 4.31 Å². The smallest absolute Gasteiger partial charge is 0.338 e. The second kappa shape index (κ2) is 11.1. The number of hydrogen-bond donors (Lipinski definition) is 0. The molecule has 168 valence electrons. The number of carbonyl (C=O) groups is 1. The zero-order chi connectivity index (χ0) is 22.1. The van der Waals surface area contributed by atoms with E-state index in [-0.39, 0.29) is 23.7 Å². The molecule has 31 heavy (non-hydrogen) atoms. The normalized spacial score (nSPS) is 14.7. The Hall–Kier alpha value is -2.62. The van der Waals surface area contributed by atoms with Crippen LogP contribution in [0.25, 0.3) is 0 Å². The van der Waals surface area contributed by atoms with E-state index >= 15 is 0 Å². The third-order valence-electron chi connectivity index (χ3n) is 4.56. The van der Waals surface area contributed by atoms with E-state index in [1.54, 1.807) is 12.1 Å². The molecule has 0 unspecified atom stereocenters. The average molecular weight is 450 g/mol. The first-order chi connectivity index (χ1) is 15.0.